The van der Waals surface area contributed by atoms with Crippen LogP contribution in [0, 0.1) is 17.6 Å². The number of nitrogens with zero attached hydrogens (tertiary/aromatic N) is 2. The van der Waals surface area contributed by atoms with Crippen LogP contribution >= 0.6 is 0 Å². The summed E-state index contributed by atoms with van der Waals surface area (Å²) in [5.74, 6) is -2.96. The van der Waals surface area contributed by atoms with Gasteiger partial charge in [0.25, 0.3) is 11.8 Å². The van der Waals surface area contributed by atoms with Crippen molar-refractivity contribution in [2.45, 2.75) is 38.4 Å². The van der Waals surface area contributed by atoms with Crippen LogP contribution in [0.4, 0.5) is 8.78 Å². The summed E-state index contributed by atoms with van der Waals surface area (Å²) in [4.78, 5) is 40.9. The van der Waals surface area contributed by atoms with E-state index < -0.39 is 35.1 Å². The van der Waals surface area contributed by atoms with E-state index in [-0.39, 0.29) is 53.7 Å². The Morgan fingerprint density at radius 2 is 2.06 bits per heavy atom. The summed E-state index contributed by atoms with van der Waals surface area (Å²) in [6, 6.07) is 2.79. The molecule has 2 saturated heterocycles. The molecule has 34 heavy (non-hydrogen) atoms. The van der Waals surface area contributed by atoms with Crippen LogP contribution in [0.15, 0.2) is 29.2 Å². The molecule has 5 rings (SSSR count). The van der Waals surface area contributed by atoms with Gasteiger partial charge < -0.3 is 29.0 Å². The molecule has 2 aromatic rings. The number of carbonyl (C=O) groups is 2. The first-order chi connectivity index (χ1) is 16.3. The molecule has 2 fully saturated rings. The zero-order chi connectivity index (χ0) is 24.1. The second kappa shape index (κ2) is 8.48. The van der Waals surface area contributed by atoms with Crippen molar-refractivity contribution in [1.29, 1.82) is 0 Å². The average Bonchev–Trinajstić information content (AvgIpc) is 2.79. The molecule has 1 aromatic carbocycles. The van der Waals surface area contributed by atoms with Gasteiger partial charge in [0.2, 0.25) is 5.43 Å². The van der Waals surface area contributed by atoms with E-state index in [0.717, 1.165) is 6.07 Å². The largest absolute Gasteiger partial charge is 0.491 e. The molecule has 1 aromatic heterocycles. The zero-order valence-electron chi connectivity index (χ0n) is 18.5. The molecule has 0 unspecified atom stereocenters. The van der Waals surface area contributed by atoms with E-state index >= 15 is 0 Å². The van der Waals surface area contributed by atoms with Gasteiger partial charge in [-0.05, 0) is 6.07 Å². The third-order valence-corrected chi connectivity index (χ3v) is 6.69. The molecular formula is C23H23F2N3O6. The second-order valence-corrected chi connectivity index (χ2v) is 8.63. The van der Waals surface area contributed by atoms with Gasteiger partial charge in [0.05, 0.1) is 39.0 Å². The number of amides is 2. The fraction of sp³-hybridized carbons (Fsp3) is 0.435. The van der Waals surface area contributed by atoms with Crippen molar-refractivity contribution >= 4 is 11.8 Å². The number of methoxy groups -OCH3 is 1. The molecule has 0 radical (unpaired) electrons. The lowest BCUT2D eigenvalue weighted by atomic mass is 9.89. The van der Waals surface area contributed by atoms with E-state index in [1.54, 1.807) is 4.90 Å². The Kier molecular flexibility index (Phi) is 5.61. The first-order valence-electron chi connectivity index (χ1n) is 10.9. The zero-order valence-corrected chi connectivity index (χ0v) is 18.5. The third kappa shape index (κ3) is 3.55. The Morgan fingerprint density at radius 1 is 1.26 bits per heavy atom. The van der Waals surface area contributed by atoms with Crippen LogP contribution in [-0.2, 0) is 22.6 Å². The minimum Gasteiger partial charge on any atom is -0.491 e. The summed E-state index contributed by atoms with van der Waals surface area (Å²) in [6.45, 7) is 2.75. The van der Waals surface area contributed by atoms with Crippen LogP contribution in [-0.4, -0.2) is 60.0 Å². The van der Waals surface area contributed by atoms with Crippen molar-refractivity contribution in [2.75, 3.05) is 20.3 Å². The van der Waals surface area contributed by atoms with Gasteiger partial charge in [-0.2, -0.15) is 0 Å². The predicted molar refractivity (Wildman–Crippen MR) is 113 cm³/mol. The Morgan fingerprint density at radius 3 is 2.79 bits per heavy atom. The van der Waals surface area contributed by atoms with Gasteiger partial charge >= 0.3 is 0 Å². The van der Waals surface area contributed by atoms with Gasteiger partial charge in [0, 0.05) is 30.3 Å². The van der Waals surface area contributed by atoms with Crippen molar-refractivity contribution in [3.63, 3.8) is 0 Å². The molecule has 180 valence electrons. The van der Waals surface area contributed by atoms with E-state index in [2.05, 4.69) is 5.32 Å². The van der Waals surface area contributed by atoms with Crippen molar-refractivity contribution < 1.29 is 32.6 Å². The quantitative estimate of drug-likeness (QED) is 0.716. The van der Waals surface area contributed by atoms with Gasteiger partial charge in [-0.25, -0.2) is 8.78 Å². The molecule has 2 bridgehead atoms. The SMILES string of the molecule is COc1c2n(cc(C(=O)NCc3ccc(F)cc3F)c1=O)C[C@@H]1O[C@H]3COC[C@H]([C@H]3C)N1C2=O. The third-order valence-electron chi connectivity index (χ3n) is 6.69. The molecular weight excluding hydrogens is 452 g/mol. The van der Waals surface area contributed by atoms with Crippen molar-refractivity contribution in [3.05, 3.63) is 63.1 Å². The summed E-state index contributed by atoms with van der Waals surface area (Å²) >= 11 is 0. The lowest BCUT2D eigenvalue weighted by Gasteiger charge is -2.53. The number of carbonyl (C=O) groups excluding carboxylic acids is 2. The predicted octanol–water partition coefficient (Wildman–Crippen LogP) is 1.28. The summed E-state index contributed by atoms with van der Waals surface area (Å²) in [5.41, 5.74) is -0.938. The van der Waals surface area contributed by atoms with E-state index in [0.29, 0.717) is 19.3 Å². The van der Waals surface area contributed by atoms with Crippen molar-refractivity contribution in [2.24, 2.45) is 5.92 Å². The molecule has 1 N–H and O–H groups in total. The molecule has 4 heterocycles. The van der Waals surface area contributed by atoms with Crippen LogP contribution in [0.3, 0.4) is 0 Å². The molecule has 0 spiro atoms. The minimum atomic E-state index is -0.816. The number of ether oxygens (including phenoxy) is 3. The highest BCUT2D eigenvalue weighted by Gasteiger charge is 2.50. The molecule has 9 nitrogen and oxygen atoms in total. The lowest BCUT2D eigenvalue weighted by molar-refractivity contribution is -0.231. The number of benzene rings is 1. The number of rotatable bonds is 4. The topological polar surface area (TPSA) is 99.1 Å². The minimum absolute atomic E-state index is 0.0321. The van der Waals surface area contributed by atoms with Crippen LogP contribution in [0.1, 0.15) is 33.3 Å². The molecule has 3 aliphatic rings. The Labute approximate surface area is 193 Å². The van der Waals surface area contributed by atoms with Gasteiger partial charge in [-0.1, -0.05) is 13.0 Å². The highest BCUT2D eigenvalue weighted by atomic mass is 19.1. The Bertz CT molecular complexity index is 1230. The summed E-state index contributed by atoms with van der Waals surface area (Å²) < 4.78 is 45.5. The van der Waals surface area contributed by atoms with E-state index in [9.17, 15) is 23.2 Å². The Balaban J connectivity index is 1.47. The fourth-order valence-electron chi connectivity index (χ4n) is 4.83. The normalized spacial score (nSPS) is 25.4. The number of pyridine rings is 1. The molecule has 11 heteroatoms. The smallest absolute Gasteiger partial charge is 0.276 e. The monoisotopic (exact) mass is 475 g/mol. The lowest BCUT2D eigenvalue weighted by Crippen LogP contribution is -2.66. The van der Waals surface area contributed by atoms with Gasteiger partial charge in [0.15, 0.2) is 17.7 Å². The van der Waals surface area contributed by atoms with Crippen LogP contribution in [0.2, 0.25) is 0 Å². The standard InChI is InChI=1S/C23H23F2N3O6/c1-11-16-9-33-10-17(11)34-18-8-27-7-14(20(29)21(32-2)19(27)23(31)28(16)18)22(30)26-6-12-3-4-13(24)5-15(12)25/h3-5,7,11,16-18H,6,8-10H2,1-2H3,(H,26,30)/t11-,16-,17+,18+/m1/s1. The van der Waals surface area contributed by atoms with E-state index in [1.807, 2.05) is 6.92 Å². The first kappa shape index (κ1) is 22.5. The van der Waals surface area contributed by atoms with Gasteiger partial charge in [-0.15, -0.1) is 0 Å². The number of fused-ring (bicyclic) bond motifs is 5. The number of aromatic nitrogens is 1. The first-order valence-corrected chi connectivity index (χ1v) is 10.9. The van der Waals surface area contributed by atoms with Gasteiger partial charge in [-0.3, -0.25) is 14.4 Å². The van der Waals surface area contributed by atoms with Crippen molar-refractivity contribution in [3.8, 4) is 5.75 Å². The molecule has 0 aliphatic carbocycles. The molecule has 4 atom stereocenters. The van der Waals surface area contributed by atoms with E-state index in [1.165, 1.54) is 23.9 Å². The number of halogens is 2. The highest BCUT2D eigenvalue weighted by molar-refractivity contribution is 5.99. The van der Waals surface area contributed by atoms with Crippen LogP contribution in [0.5, 0.6) is 5.75 Å². The Hall–Kier alpha value is -3.31. The summed E-state index contributed by atoms with van der Waals surface area (Å²) in [6.07, 6.45) is 0.551. The number of hydrogen-bond acceptors (Lipinski definition) is 6. The summed E-state index contributed by atoms with van der Waals surface area (Å²) in [7, 11) is 1.25. The molecule has 2 amide bonds. The highest BCUT2D eigenvalue weighted by Crippen LogP contribution is 2.36. The van der Waals surface area contributed by atoms with Crippen LogP contribution in [0.25, 0.3) is 0 Å². The summed E-state index contributed by atoms with van der Waals surface area (Å²) in [5, 5.41) is 2.47. The van der Waals surface area contributed by atoms with Crippen molar-refractivity contribution in [1.82, 2.24) is 14.8 Å². The maximum absolute atomic E-state index is 13.9. The second-order valence-electron chi connectivity index (χ2n) is 8.63. The van der Waals surface area contributed by atoms with E-state index in [4.69, 9.17) is 14.2 Å². The van der Waals surface area contributed by atoms with Crippen LogP contribution < -0.4 is 15.5 Å². The number of hydrogen-bond donors (Lipinski definition) is 1. The number of nitrogens with one attached hydrogen (secondary N) is 1. The molecule has 3 aliphatic heterocycles. The van der Waals surface area contributed by atoms with Gasteiger partial charge in [0.1, 0.15) is 17.2 Å². The average molecular weight is 475 g/mol. The maximum atomic E-state index is 13.9. The maximum Gasteiger partial charge on any atom is 0.276 e. The fourth-order valence-corrected chi connectivity index (χ4v) is 4.83. The molecule has 0 saturated carbocycles.